The molecule has 0 aliphatic heterocycles. The molecule has 0 saturated heterocycles. The molecule has 1 aromatic carbocycles. The van der Waals surface area contributed by atoms with Crippen LogP contribution >= 0.6 is 15.9 Å². The van der Waals surface area contributed by atoms with Gasteiger partial charge in [-0.25, -0.2) is 0 Å². The predicted molar refractivity (Wildman–Crippen MR) is 81.4 cm³/mol. The summed E-state index contributed by atoms with van der Waals surface area (Å²) >= 11 is 3.60. The van der Waals surface area contributed by atoms with Gasteiger partial charge >= 0.3 is 0 Å². The highest BCUT2D eigenvalue weighted by Gasteiger charge is 2.02. The molecular formula is C15H24BrNO. The minimum atomic E-state index is 0.598. The van der Waals surface area contributed by atoms with E-state index in [9.17, 15) is 0 Å². The SMILES string of the molecule is COc1ccc(CCCCCNC(C)C)c(Br)c1. The van der Waals surface area contributed by atoms with Crippen LogP contribution in [-0.2, 0) is 6.42 Å². The molecule has 0 amide bonds. The van der Waals surface area contributed by atoms with Crippen molar-refractivity contribution in [3.8, 4) is 5.75 Å². The van der Waals surface area contributed by atoms with E-state index in [1.54, 1.807) is 7.11 Å². The zero-order valence-corrected chi connectivity index (χ0v) is 13.2. The monoisotopic (exact) mass is 313 g/mol. The predicted octanol–water partition coefficient (Wildman–Crippen LogP) is 4.17. The quantitative estimate of drug-likeness (QED) is 0.727. The molecule has 102 valence electrons. The Hall–Kier alpha value is -0.540. The summed E-state index contributed by atoms with van der Waals surface area (Å²) in [5.41, 5.74) is 1.37. The molecule has 0 bridgehead atoms. The Kier molecular flexibility index (Phi) is 7.36. The average molecular weight is 314 g/mol. The average Bonchev–Trinajstić information content (AvgIpc) is 2.34. The maximum Gasteiger partial charge on any atom is 0.120 e. The van der Waals surface area contributed by atoms with E-state index >= 15 is 0 Å². The zero-order valence-electron chi connectivity index (χ0n) is 11.6. The van der Waals surface area contributed by atoms with Crippen LogP contribution in [0.25, 0.3) is 0 Å². The summed E-state index contributed by atoms with van der Waals surface area (Å²) in [7, 11) is 1.70. The maximum absolute atomic E-state index is 5.19. The first-order valence-corrected chi connectivity index (χ1v) is 7.48. The Morgan fingerprint density at radius 1 is 1.22 bits per heavy atom. The molecule has 0 heterocycles. The molecule has 2 nitrogen and oxygen atoms in total. The van der Waals surface area contributed by atoms with Crippen molar-refractivity contribution >= 4 is 15.9 Å². The summed E-state index contributed by atoms with van der Waals surface area (Å²) in [5.74, 6) is 0.909. The highest BCUT2D eigenvalue weighted by molar-refractivity contribution is 9.10. The molecule has 18 heavy (non-hydrogen) atoms. The van der Waals surface area contributed by atoms with Crippen LogP contribution in [-0.4, -0.2) is 19.7 Å². The second kappa shape index (κ2) is 8.54. The highest BCUT2D eigenvalue weighted by Crippen LogP contribution is 2.24. The smallest absolute Gasteiger partial charge is 0.120 e. The van der Waals surface area contributed by atoms with Crippen LogP contribution < -0.4 is 10.1 Å². The van der Waals surface area contributed by atoms with Gasteiger partial charge in [-0.1, -0.05) is 42.3 Å². The first-order chi connectivity index (χ1) is 8.63. The number of nitrogens with one attached hydrogen (secondary N) is 1. The van der Waals surface area contributed by atoms with Gasteiger partial charge in [0.05, 0.1) is 7.11 Å². The van der Waals surface area contributed by atoms with Crippen molar-refractivity contribution in [2.75, 3.05) is 13.7 Å². The molecule has 1 N–H and O–H groups in total. The van der Waals surface area contributed by atoms with Gasteiger partial charge in [0.25, 0.3) is 0 Å². The van der Waals surface area contributed by atoms with Gasteiger partial charge in [0.2, 0.25) is 0 Å². The third kappa shape index (κ3) is 5.87. The molecule has 3 heteroatoms. The molecule has 0 fully saturated rings. The van der Waals surface area contributed by atoms with E-state index in [1.807, 2.05) is 12.1 Å². The number of hydrogen-bond acceptors (Lipinski definition) is 2. The number of benzene rings is 1. The fourth-order valence-electron chi connectivity index (χ4n) is 1.87. The number of aryl methyl sites for hydroxylation is 1. The van der Waals surface area contributed by atoms with Crippen LogP contribution in [0.1, 0.15) is 38.7 Å². The van der Waals surface area contributed by atoms with Gasteiger partial charge in [-0.05, 0) is 43.5 Å². The first kappa shape index (κ1) is 15.5. The minimum Gasteiger partial charge on any atom is -0.497 e. The number of halogens is 1. The third-order valence-corrected chi connectivity index (χ3v) is 3.67. The van der Waals surface area contributed by atoms with E-state index in [0.29, 0.717) is 6.04 Å². The molecule has 0 unspecified atom stereocenters. The zero-order chi connectivity index (χ0) is 13.4. The standard InChI is InChI=1S/C15H24BrNO/c1-12(2)17-10-6-4-5-7-13-8-9-14(18-3)11-15(13)16/h8-9,11-12,17H,4-7,10H2,1-3H3. The molecule has 0 spiro atoms. The fourth-order valence-corrected chi connectivity index (χ4v) is 2.42. The first-order valence-electron chi connectivity index (χ1n) is 6.69. The minimum absolute atomic E-state index is 0.598. The summed E-state index contributed by atoms with van der Waals surface area (Å²) in [6, 6.07) is 6.81. The second-order valence-electron chi connectivity index (χ2n) is 4.88. The summed E-state index contributed by atoms with van der Waals surface area (Å²) in [4.78, 5) is 0. The van der Waals surface area contributed by atoms with Gasteiger partial charge in [-0.3, -0.25) is 0 Å². The Morgan fingerprint density at radius 3 is 2.61 bits per heavy atom. The normalized spacial score (nSPS) is 10.9. The fraction of sp³-hybridized carbons (Fsp3) is 0.600. The van der Waals surface area contributed by atoms with Crippen molar-refractivity contribution in [1.82, 2.24) is 5.32 Å². The molecule has 0 atom stereocenters. The molecule has 0 saturated carbocycles. The summed E-state index contributed by atoms with van der Waals surface area (Å²) in [5, 5.41) is 3.44. The van der Waals surface area contributed by atoms with Crippen molar-refractivity contribution in [2.24, 2.45) is 0 Å². The molecule has 1 rings (SSSR count). The highest BCUT2D eigenvalue weighted by atomic mass is 79.9. The van der Waals surface area contributed by atoms with Crippen LogP contribution in [0.3, 0.4) is 0 Å². The number of methoxy groups -OCH3 is 1. The van der Waals surface area contributed by atoms with Crippen LogP contribution in [0, 0.1) is 0 Å². The Balaban J connectivity index is 2.23. The van der Waals surface area contributed by atoms with Crippen molar-refractivity contribution in [1.29, 1.82) is 0 Å². The number of hydrogen-bond donors (Lipinski definition) is 1. The van der Waals surface area contributed by atoms with Crippen molar-refractivity contribution in [3.63, 3.8) is 0 Å². The van der Waals surface area contributed by atoms with Gasteiger partial charge in [0.15, 0.2) is 0 Å². The lowest BCUT2D eigenvalue weighted by molar-refractivity contribution is 0.414. The van der Waals surface area contributed by atoms with Crippen molar-refractivity contribution in [2.45, 2.75) is 45.6 Å². The number of unbranched alkanes of at least 4 members (excludes halogenated alkanes) is 2. The van der Waals surface area contributed by atoms with Gasteiger partial charge in [-0.2, -0.15) is 0 Å². The van der Waals surface area contributed by atoms with Gasteiger partial charge in [-0.15, -0.1) is 0 Å². The van der Waals surface area contributed by atoms with E-state index in [2.05, 4.69) is 41.2 Å². The van der Waals surface area contributed by atoms with Crippen LogP contribution in [0.2, 0.25) is 0 Å². The van der Waals surface area contributed by atoms with E-state index in [0.717, 1.165) is 23.2 Å². The molecule has 0 aliphatic carbocycles. The van der Waals surface area contributed by atoms with Gasteiger partial charge in [0, 0.05) is 10.5 Å². The molecular weight excluding hydrogens is 290 g/mol. The van der Waals surface area contributed by atoms with E-state index < -0.39 is 0 Å². The summed E-state index contributed by atoms with van der Waals surface area (Å²) in [6.07, 6.45) is 4.90. The van der Waals surface area contributed by atoms with Crippen LogP contribution in [0.5, 0.6) is 5.75 Å². The van der Waals surface area contributed by atoms with Gasteiger partial charge in [0.1, 0.15) is 5.75 Å². The lowest BCUT2D eigenvalue weighted by Crippen LogP contribution is -2.23. The van der Waals surface area contributed by atoms with E-state index in [-0.39, 0.29) is 0 Å². The van der Waals surface area contributed by atoms with Crippen LogP contribution in [0.4, 0.5) is 0 Å². The largest absolute Gasteiger partial charge is 0.497 e. The Morgan fingerprint density at radius 2 is 2.00 bits per heavy atom. The number of ether oxygens (including phenoxy) is 1. The summed E-state index contributed by atoms with van der Waals surface area (Å²) < 4.78 is 6.35. The third-order valence-electron chi connectivity index (χ3n) is 2.94. The second-order valence-corrected chi connectivity index (χ2v) is 5.73. The van der Waals surface area contributed by atoms with Gasteiger partial charge < -0.3 is 10.1 Å². The summed E-state index contributed by atoms with van der Waals surface area (Å²) in [6.45, 7) is 5.50. The maximum atomic E-state index is 5.19. The lowest BCUT2D eigenvalue weighted by Gasteiger charge is -2.08. The van der Waals surface area contributed by atoms with E-state index in [1.165, 1.54) is 24.8 Å². The van der Waals surface area contributed by atoms with E-state index in [4.69, 9.17) is 4.74 Å². The molecule has 1 aromatic rings. The van der Waals surface area contributed by atoms with Crippen LogP contribution in [0.15, 0.2) is 22.7 Å². The lowest BCUT2D eigenvalue weighted by atomic mass is 10.1. The number of rotatable bonds is 8. The van der Waals surface area contributed by atoms with Crippen molar-refractivity contribution in [3.05, 3.63) is 28.2 Å². The Bertz CT molecular complexity index is 352. The topological polar surface area (TPSA) is 21.3 Å². The Labute approximate surface area is 119 Å². The molecule has 0 aromatic heterocycles. The van der Waals surface area contributed by atoms with Crippen molar-refractivity contribution < 1.29 is 4.74 Å². The molecule has 0 radical (unpaired) electrons. The molecule has 0 aliphatic rings.